The first kappa shape index (κ1) is 20.8. The van der Waals surface area contributed by atoms with Crippen molar-refractivity contribution in [3.63, 3.8) is 0 Å². The maximum Gasteiger partial charge on any atom is 0.300 e. The number of furan rings is 1. The van der Waals surface area contributed by atoms with Crippen LogP contribution in [0.15, 0.2) is 70.7 Å². The van der Waals surface area contributed by atoms with E-state index in [1.807, 2.05) is 6.92 Å². The first-order valence-electron chi connectivity index (χ1n) is 9.77. The van der Waals surface area contributed by atoms with E-state index in [-0.39, 0.29) is 11.3 Å². The number of anilines is 1. The summed E-state index contributed by atoms with van der Waals surface area (Å²) < 4.78 is 11.3. The molecule has 158 valence electrons. The Balaban J connectivity index is 1.92. The number of ether oxygens (including phenoxy) is 1. The number of rotatable bonds is 5. The van der Waals surface area contributed by atoms with Crippen molar-refractivity contribution in [3.05, 3.63) is 88.3 Å². The van der Waals surface area contributed by atoms with Crippen LogP contribution in [-0.2, 0) is 9.59 Å². The number of carbonyl (C=O) groups is 2. The monoisotopic (exact) mass is 437 g/mol. The summed E-state index contributed by atoms with van der Waals surface area (Å²) in [6, 6.07) is 15.8. The van der Waals surface area contributed by atoms with Crippen molar-refractivity contribution in [2.24, 2.45) is 0 Å². The molecule has 1 fully saturated rings. The molecular weight excluding hydrogens is 418 g/mol. The van der Waals surface area contributed by atoms with Crippen molar-refractivity contribution in [1.82, 2.24) is 0 Å². The third-order valence-corrected chi connectivity index (χ3v) is 5.22. The summed E-state index contributed by atoms with van der Waals surface area (Å²) in [5.41, 5.74) is 0.725. The van der Waals surface area contributed by atoms with Crippen molar-refractivity contribution in [1.29, 1.82) is 0 Å². The number of benzene rings is 2. The van der Waals surface area contributed by atoms with Gasteiger partial charge in [0, 0.05) is 22.3 Å². The Labute approximate surface area is 184 Å². The lowest BCUT2D eigenvalue weighted by Gasteiger charge is -2.24. The van der Waals surface area contributed by atoms with Crippen LogP contribution < -0.4 is 9.64 Å². The third kappa shape index (κ3) is 3.82. The fourth-order valence-corrected chi connectivity index (χ4v) is 3.84. The van der Waals surface area contributed by atoms with Crippen molar-refractivity contribution in [2.75, 3.05) is 11.5 Å². The van der Waals surface area contributed by atoms with Crippen molar-refractivity contribution < 1.29 is 23.8 Å². The normalized spacial score (nSPS) is 17.9. The minimum atomic E-state index is -0.940. The highest BCUT2D eigenvalue weighted by Gasteiger charge is 2.48. The summed E-state index contributed by atoms with van der Waals surface area (Å²) in [4.78, 5) is 27.5. The van der Waals surface area contributed by atoms with Crippen LogP contribution in [0.3, 0.4) is 0 Å². The van der Waals surface area contributed by atoms with E-state index in [0.29, 0.717) is 40.2 Å². The summed E-state index contributed by atoms with van der Waals surface area (Å²) in [6.45, 7) is 4.08. The molecule has 4 rings (SSSR count). The Bertz CT molecular complexity index is 1200. The number of hydrogen-bond acceptors (Lipinski definition) is 5. The Morgan fingerprint density at radius 1 is 1.13 bits per heavy atom. The molecule has 1 aliphatic heterocycles. The number of carbonyl (C=O) groups excluding carboxylic acids is 2. The summed E-state index contributed by atoms with van der Waals surface area (Å²) >= 11 is 6.06. The van der Waals surface area contributed by atoms with E-state index < -0.39 is 17.7 Å². The van der Waals surface area contributed by atoms with Crippen LogP contribution in [0.1, 0.15) is 30.0 Å². The molecule has 0 spiro atoms. The number of hydrogen-bond donors (Lipinski definition) is 1. The molecule has 2 aromatic carbocycles. The second kappa shape index (κ2) is 8.32. The zero-order valence-electron chi connectivity index (χ0n) is 17.0. The molecule has 2 heterocycles. The Morgan fingerprint density at radius 2 is 1.90 bits per heavy atom. The van der Waals surface area contributed by atoms with E-state index in [1.165, 1.54) is 11.0 Å². The third-order valence-electron chi connectivity index (χ3n) is 4.98. The predicted molar refractivity (Wildman–Crippen MR) is 117 cm³/mol. The molecule has 3 aromatic rings. The molecule has 31 heavy (non-hydrogen) atoms. The standard InChI is InChI=1S/C24H20ClNO5/c1-3-30-18-9-5-8-17(13-18)26-21(19-11-10-14(2)31-19)20(23(28)24(26)29)22(27)15-6-4-7-16(25)12-15/h4-13,21,27H,3H2,1-2H3/b22-20-. The lowest BCUT2D eigenvalue weighted by Crippen LogP contribution is -2.29. The van der Waals surface area contributed by atoms with E-state index in [0.717, 1.165) is 0 Å². The van der Waals surface area contributed by atoms with E-state index >= 15 is 0 Å². The Kier molecular flexibility index (Phi) is 5.57. The number of Topliss-reactive ketones (excluding diaryl/α,β-unsaturated/α-hetero) is 1. The summed E-state index contributed by atoms with van der Waals surface area (Å²) in [5, 5.41) is 11.4. The van der Waals surface area contributed by atoms with Crippen LogP contribution in [-0.4, -0.2) is 23.4 Å². The maximum absolute atomic E-state index is 13.1. The lowest BCUT2D eigenvalue weighted by atomic mass is 9.99. The van der Waals surface area contributed by atoms with Gasteiger partial charge < -0.3 is 14.3 Å². The van der Waals surface area contributed by atoms with Gasteiger partial charge in [-0.1, -0.05) is 29.8 Å². The van der Waals surface area contributed by atoms with Crippen LogP contribution in [0.2, 0.25) is 5.02 Å². The molecule has 0 radical (unpaired) electrons. The van der Waals surface area contributed by atoms with Gasteiger partial charge in [-0.25, -0.2) is 0 Å². The van der Waals surface area contributed by atoms with Gasteiger partial charge in [-0.2, -0.15) is 0 Å². The summed E-state index contributed by atoms with van der Waals surface area (Å²) in [5.74, 6) is -0.349. The first-order chi connectivity index (χ1) is 14.9. The van der Waals surface area contributed by atoms with E-state index in [2.05, 4.69) is 0 Å². The molecule has 1 amide bonds. The number of ketones is 1. The lowest BCUT2D eigenvalue weighted by molar-refractivity contribution is -0.132. The predicted octanol–water partition coefficient (Wildman–Crippen LogP) is 5.27. The van der Waals surface area contributed by atoms with Crippen LogP contribution in [0.4, 0.5) is 5.69 Å². The second-order valence-electron chi connectivity index (χ2n) is 7.06. The largest absolute Gasteiger partial charge is 0.507 e. The van der Waals surface area contributed by atoms with Crippen molar-refractivity contribution in [2.45, 2.75) is 19.9 Å². The average molecular weight is 438 g/mol. The van der Waals surface area contributed by atoms with Crippen LogP contribution in [0, 0.1) is 6.92 Å². The van der Waals surface area contributed by atoms with Crippen molar-refractivity contribution >= 4 is 34.7 Å². The van der Waals surface area contributed by atoms with Gasteiger partial charge in [0.15, 0.2) is 0 Å². The van der Waals surface area contributed by atoms with E-state index in [9.17, 15) is 14.7 Å². The molecule has 1 atom stereocenters. The topological polar surface area (TPSA) is 80.0 Å². The summed E-state index contributed by atoms with van der Waals surface area (Å²) in [6.07, 6.45) is 0. The molecule has 0 aliphatic carbocycles. The number of amides is 1. The molecule has 6 nitrogen and oxygen atoms in total. The Morgan fingerprint density at radius 3 is 2.58 bits per heavy atom. The molecule has 0 saturated carbocycles. The smallest absolute Gasteiger partial charge is 0.300 e. The highest BCUT2D eigenvalue weighted by Crippen LogP contribution is 2.43. The van der Waals surface area contributed by atoms with Gasteiger partial charge >= 0.3 is 0 Å². The SMILES string of the molecule is CCOc1cccc(N2C(=O)C(=O)/C(=C(\O)c3cccc(Cl)c3)C2c2ccc(C)o2)c1. The molecule has 1 N–H and O–H groups in total. The molecule has 1 aliphatic rings. The molecule has 1 unspecified atom stereocenters. The van der Waals surface area contributed by atoms with E-state index in [1.54, 1.807) is 61.5 Å². The number of aryl methyl sites for hydroxylation is 1. The van der Waals surface area contributed by atoms with E-state index in [4.69, 9.17) is 20.8 Å². The van der Waals surface area contributed by atoms with Gasteiger partial charge in [0.05, 0.1) is 12.2 Å². The van der Waals surface area contributed by atoms with Crippen molar-refractivity contribution in [3.8, 4) is 5.75 Å². The zero-order chi connectivity index (χ0) is 22.1. The molecule has 1 aromatic heterocycles. The number of nitrogens with zero attached hydrogens (tertiary/aromatic N) is 1. The number of aliphatic hydroxyl groups excluding tert-OH is 1. The quantitative estimate of drug-likeness (QED) is 0.334. The zero-order valence-corrected chi connectivity index (χ0v) is 17.7. The highest BCUT2D eigenvalue weighted by atomic mass is 35.5. The number of aliphatic hydroxyl groups is 1. The van der Waals surface area contributed by atoms with Crippen LogP contribution >= 0.6 is 11.6 Å². The second-order valence-corrected chi connectivity index (χ2v) is 7.49. The van der Waals surface area contributed by atoms with Crippen LogP contribution in [0.25, 0.3) is 5.76 Å². The number of halogens is 1. The first-order valence-corrected chi connectivity index (χ1v) is 10.1. The summed E-state index contributed by atoms with van der Waals surface area (Å²) in [7, 11) is 0. The highest BCUT2D eigenvalue weighted by molar-refractivity contribution is 6.51. The minimum Gasteiger partial charge on any atom is -0.507 e. The molecular formula is C24H20ClNO5. The maximum atomic E-state index is 13.1. The fraction of sp³-hybridized carbons (Fsp3) is 0.167. The van der Waals surface area contributed by atoms with Gasteiger partial charge in [0.2, 0.25) is 0 Å². The molecule has 0 bridgehead atoms. The van der Waals surface area contributed by atoms with Gasteiger partial charge in [0.1, 0.15) is 29.1 Å². The van der Waals surface area contributed by atoms with Crippen LogP contribution in [0.5, 0.6) is 5.75 Å². The minimum absolute atomic E-state index is 0.0663. The van der Waals surface area contributed by atoms with Gasteiger partial charge in [-0.15, -0.1) is 0 Å². The van der Waals surface area contributed by atoms with Gasteiger partial charge in [-0.05, 0) is 50.2 Å². The fourth-order valence-electron chi connectivity index (χ4n) is 3.65. The Hall–Kier alpha value is -3.51. The van der Waals surface area contributed by atoms with Gasteiger partial charge in [-0.3, -0.25) is 14.5 Å². The molecule has 7 heteroatoms. The average Bonchev–Trinajstić information content (AvgIpc) is 3.29. The molecule has 1 saturated heterocycles. The van der Waals surface area contributed by atoms with Gasteiger partial charge in [0.25, 0.3) is 11.7 Å².